The van der Waals surface area contributed by atoms with Crippen molar-refractivity contribution in [1.82, 2.24) is 10.6 Å². The second kappa shape index (κ2) is 8.29. The number of anilines is 1. The molecule has 0 saturated carbocycles. The van der Waals surface area contributed by atoms with E-state index in [9.17, 15) is 9.59 Å². The summed E-state index contributed by atoms with van der Waals surface area (Å²) >= 11 is 0. The molecule has 0 spiro atoms. The van der Waals surface area contributed by atoms with Crippen LogP contribution >= 0.6 is 0 Å². The Bertz CT molecular complexity index is 500. The van der Waals surface area contributed by atoms with Crippen LogP contribution in [0.3, 0.4) is 0 Å². The van der Waals surface area contributed by atoms with Crippen LogP contribution < -0.4 is 16.0 Å². The number of carbonyl (C=O) groups is 2. The fourth-order valence-electron chi connectivity index (χ4n) is 1.91. The first-order chi connectivity index (χ1) is 9.97. The molecule has 0 fully saturated rings. The first-order valence-corrected chi connectivity index (χ1v) is 7.33. The predicted octanol–water partition coefficient (Wildman–Crippen LogP) is 2.07. The van der Waals surface area contributed by atoms with Gasteiger partial charge in [0.2, 0.25) is 5.91 Å². The number of rotatable bonds is 7. The van der Waals surface area contributed by atoms with Gasteiger partial charge < -0.3 is 16.0 Å². The highest BCUT2D eigenvalue weighted by Crippen LogP contribution is 2.14. The van der Waals surface area contributed by atoms with Gasteiger partial charge in [0.25, 0.3) is 5.91 Å². The summed E-state index contributed by atoms with van der Waals surface area (Å²) in [5.74, 6) is -0.182. The molecule has 5 heteroatoms. The van der Waals surface area contributed by atoms with Crippen LogP contribution in [0.5, 0.6) is 0 Å². The molecule has 0 bridgehead atoms. The molecule has 5 nitrogen and oxygen atoms in total. The van der Waals surface area contributed by atoms with Gasteiger partial charge in [0.1, 0.15) is 0 Å². The van der Waals surface area contributed by atoms with Crippen LogP contribution in [0.25, 0.3) is 0 Å². The molecule has 0 aromatic heterocycles. The van der Waals surface area contributed by atoms with Crippen LogP contribution in [0.4, 0.5) is 5.69 Å². The molecule has 1 aromatic carbocycles. The number of hydrogen-bond donors (Lipinski definition) is 3. The Balaban J connectivity index is 2.46. The van der Waals surface area contributed by atoms with E-state index in [0.717, 1.165) is 17.7 Å². The zero-order chi connectivity index (χ0) is 15.8. The first-order valence-electron chi connectivity index (χ1n) is 7.33. The van der Waals surface area contributed by atoms with E-state index in [-0.39, 0.29) is 17.9 Å². The minimum atomic E-state index is -0.147. The van der Waals surface area contributed by atoms with Gasteiger partial charge in [-0.2, -0.15) is 0 Å². The van der Waals surface area contributed by atoms with Crippen molar-refractivity contribution in [2.75, 3.05) is 18.9 Å². The Labute approximate surface area is 126 Å². The van der Waals surface area contributed by atoms with Gasteiger partial charge in [-0.05, 0) is 44.0 Å². The van der Waals surface area contributed by atoms with Crippen molar-refractivity contribution in [2.24, 2.45) is 0 Å². The highest BCUT2D eigenvalue weighted by Gasteiger charge is 2.10. The van der Waals surface area contributed by atoms with Crippen molar-refractivity contribution < 1.29 is 9.59 Å². The van der Waals surface area contributed by atoms with E-state index < -0.39 is 0 Å². The van der Waals surface area contributed by atoms with E-state index in [1.54, 1.807) is 6.07 Å². The normalized spacial score (nSPS) is 11.6. The molecule has 0 aliphatic heterocycles. The molecule has 1 unspecified atom stereocenters. The Hall–Kier alpha value is -2.04. The number of hydrogen-bond acceptors (Lipinski definition) is 3. The third kappa shape index (κ3) is 5.45. The molecule has 1 aromatic rings. The van der Waals surface area contributed by atoms with Gasteiger partial charge in [0, 0.05) is 37.3 Å². The Morgan fingerprint density at radius 2 is 2.00 bits per heavy atom. The largest absolute Gasteiger partial charge is 0.388 e. The molecular weight excluding hydrogens is 266 g/mol. The Morgan fingerprint density at radius 1 is 1.29 bits per heavy atom. The van der Waals surface area contributed by atoms with E-state index in [1.165, 1.54) is 0 Å². The van der Waals surface area contributed by atoms with Crippen molar-refractivity contribution in [2.45, 2.75) is 39.7 Å². The lowest BCUT2D eigenvalue weighted by Gasteiger charge is -2.12. The topological polar surface area (TPSA) is 70.2 Å². The quantitative estimate of drug-likeness (QED) is 0.720. The number of benzene rings is 1. The van der Waals surface area contributed by atoms with Crippen molar-refractivity contribution in [1.29, 1.82) is 0 Å². The maximum absolute atomic E-state index is 12.1. The highest BCUT2D eigenvalue weighted by molar-refractivity contribution is 5.96. The molecular formula is C16H25N3O2. The third-order valence-electron chi connectivity index (χ3n) is 3.42. The smallest absolute Gasteiger partial charge is 0.251 e. The van der Waals surface area contributed by atoms with E-state index in [0.29, 0.717) is 18.5 Å². The van der Waals surface area contributed by atoms with Gasteiger partial charge in [-0.15, -0.1) is 0 Å². The van der Waals surface area contributed by atoms with Crippen LogP contribution in [-0.4, -0.2) is 31.4 Å². The van der Waals surface area contributed by atoms with Gasteiger partial charge in [0.15, 0.2) is 0 Å². The van der Waals surface area contributed by atoms with Crippen molar-refractivity contribution in [3.05, 3.63) is 29.3 Å². The zero-order valence-electron chi connectivity index (χ0n) is 13.2. The second-order valence-electron chi connectivity index (χ2n) is 5.16. The minimum Gasteiger partial charge on any atom is -0.388 e. The average molecular weight is 291 g/mol. The molecule has 0 aliphatic carbocycles. The van der Waals surface area contributed by atoms with Gasteiger partial charge in [0.05, 0.1) is 0 Å². The summed E-state index contributed by atoms with van der Waals surface area (Å²) in [5, 5.41) is 8.68. The summed E-state index contributed by atoms with van der Waals surface area (Å²) in [7, 11) is 1.84. The molecule has 3 N–H and O–H groups in total. The molecule has 0 radical (unpaired) electrons. The van der Waals surface area contributed by atoms with Crippen LogP contribution in [0.2, 0.25) is 0 Å². The molecule has 0 heterocycles. The van der Waals surface area contributed by atoms with Crippen LogP contribution in [-0.2, 0) is 4.79 Å². The molecule has 2 amide bonds. The van der Waals surface area contributed by atoms with Crippen molar-refractivity contribution in [3.63, 3.8) is 0 Å². The minimum absolute atomic E-state index is 0.0353. The maximum atomic E-state index is 12.1. The highest BCUT2D eigenvalue weighted by atomic mass is 16.2. The molecule has 1 atom stereocenters. The lowest BCUT2D eigenvalue weighted by Crippen LogP contribution is -2.35. The van der Waals surface area contributed by atoms with Crippen LogP contribution in [0.15, 0.2) is 18.2 Å². The Morgan fingerprint density at radius 3 is 2.57 bits per heavy atom. The average Bonchev–Trinajstić information content (AvgIpc) is 2.46. The van der Waals surface area contributed by atoms with Crippen LogP contribution in [0, 0.1) is 6.92 Å². The van der Waals surface area contributed by atoms with Gasteiger partial charge in [-0.3, -0.25) is 9.59 Å². The summed E-state index contributed by atoms with van der Waals surface area (Å²) in [6.07, 6.45) is 1.19. The molecule has 0 saturated heterocycles. The summed E-state index contributed by atoms with van der Waals surface area (Å²) in [6.45, 7) is 6.22. The molecule has 116 valence electrons. The standard InChI is InChI=1S/C16H25N3O2/c1-5-12(3)19-15(20)8-9-18-16(21)14-7-6-13(17-4)10-11(14)2/h6-7,10,12,17H,5,8-9H2,1-4H3,(H,18,21)(H,19,20). The van der Waals surface area contributed by atoms with Crippen LogP contribution in [0.1, 0.15) is 42.6 Å². The van der Waals surface area contributed by atoms with Gasteiger partial charge >= 0.3 is 0 Å². The van der Waals surface area contributed by atoms with Crippen molar-refractivity contribution >= 4 is 17.5 Å². The zero-order valence-corrected chi connectivity index (χ0v) is 13.2. The second-order valence-corrected chi connectivity index (χ2v) is 5.16. The van der Waals surface area contributed by atoms with Crippen molar-refractivity contribution in [3.8, 4) is 0 Å². The summed E-state index contributed by atoms with van der Waals surface area (Å²) < 4.78 is 0. The van der Waals surface area contributed by atoms with E-state index in [4.69, 9.17) is 0 Å². The van der Waals surface area contributed by atoms with E-state index >= 15 is 0 Å². The number of carbonyl (C=O) groups excluding carboxylic acids is 2. The predicted molar refractivity (Wildman–Crippen MR) is 85.6 cm³/mol. The van der Waals surface area contributed by atoms with Gasteiger partial charge in [-0.1, -0.05) is 6.92 Å². The maximum Gasteiger partial charge on any atom is 0.251 e. The molecule has 1 rings (SSSR count). The fourth-order valence-corrected chi connectivity index (χ4v) is 1.91. The monoisotopic (exact) mass is 291 g/mol. The summed E-state index contributed by atoms with van der Waals surface area (Å²) in [6, 6.07) is 5.74. The fraction of sp³-hybridized carbons (Fsp3) is 0.500. The summed E-state index contributed by atoms with van der Waals surface area (Å²) in [5.41, 5.74) is 2.51. The number of amides is 2. The third-order valence-corrected chi connectivity index (χ3v) is 3.42. The lowest BCUT2D eigenvalue weighted by molar-refractivity contribution is -0.121. The van der Waals surface area contributed by atoms with Gasteiger partial charge in [-0.25, -0.2) is 0 Å². The molecule has 0 aliphatic rings. The Kier molecular flexibility index (Phi) is 6.72. The SMILES string of the molecule is CCC(C)NC(=O)CCNC(=O)c1ccc(NC)cc1C. The number of nitrogens with one attached hydrogen (secondary N) is 3. The van der Waals surface area contributed by atoms with E-state index in [1.807, 2.05) is 40.0 Å². The lowest BCUT2D eigenvalue weighted by atomic mass is 10.1. The summed E-state index contributed by atoms with van der Waals surface area (Å²) in [4.78, 5) is 23.7. The molecule has 21 heavy (non-hydrogen) atoms. The van der Waals surface area contributed by atoms with E-state index in [2.05, 4.69) is 16.0 Å². The number of aryl methyl sites for hydroxylation is 1. The first kappa shape index (κ1) is 17.0.